The molecule has 1 heterocycles. The van der Waals surface area contributed by atoms with Crippen LogP contribution in [0.4, 0.5) is 0 Å². The van der Waals surface area contributed by atoms with Crippen molar-refractivity contribution >= 4 is 23.4 Å². The molecule has 0 N–H and O–H groups in total. The van der Waals surface area contributed by atoms with E-state index in [9.17, 15) is 0 Å². The van der Waals surface area contributed by atoms with Gasteiger partial charge in [0.2, 0.25) is 0 Å². The summed E-state index contributed by atoms with van der Waals surface area (Å²) < 4.78 is 5.64. The molecule has 0 amide bonds. The highest BCUT2D eigenvalue weighted by Gasteiger charge is 2.07. The number of aromatic nitrogens is 1. The minimum absolute atomic E-state index is 0.493. The van der Waals surface area contributed by atoms with Crippen molar-refractivity contribution in [3.8, 4) is 5.75 Å². The third kappa shape index (κ3) is 4.62. The van der Waals surface area contributed by atoms with Gasteiger partial charge in [-0.1, -0.05) is 13.8 Å². The highest BCUT2D eigenvalue weighted by molar-refractivity contribution is 7.99. The van der Waals surface area contributed by atoms with Crippen molar-refractivity contribution in [2.24, 2.45) is 5.92 Å². The van der Waals surface area contributed by atoms with Gasteiger partial charge in [-0.2, -0.15) is 0 Å². The van der Waals surface area contributed by atoms with Crippen molar-refractivity contribution < 1.29 is 4.74 Å². The average Bonchev–Trinajstić information content (AvgIpc) is 2.34. The number of hydrogen-bond acceptors (Lipinski definition) is 3. The van der Waals surface area contributed by atoms with Crippen molar-refractivity contribution in [3.05, 3.63) is 18.3 Å². The summed E-state index contributed by atoms with van der Waals surface area (Å²) in [7, 11) is 0. The summed E-state index contributed by atoms with van der Waals surface area (Å²) in [5.41, 5.74) is 0. The molecule has 1 unspecified atom stereocenters. The monoisotopic (exact) mass is 259 g/mol. The lowest BCUT2D eigenvalue weighted by Crippen LogP contribution is -2.01. The van der Waals surface area contributed by atoms with Crippen molar-refractivity contribution in [2.45, 2.75) is 25.3 Å². The molecular formula is C12H18ClNOS. The maximum atomic E-state index is 5.78. The van der Waals surface area contributed by atoms with Gasteiger partial charge in [-0.3, -0.25) is 0 Å². The first kappa shape index (κ1) is 13.7. The summed E-state index contributed by atoms with van der Waals surface area (Å²) in [4.78, 5) is 4.33. The van der Waals surface area contributed by atoms with Gasteiger partial charge in [-0.05, 0) is 24.5 Å². The van der Waals surface area contributed by atoms with Crippen LogP contribution in [0.15, 0.2) is 23.4 Å². The van der Waals surface area contributed by atoms with Crippen LogP contribution in [0.5, 0.6) is 5.75 Å². The summed E-state index contributed by atoms with van der Waals surface area (Å²) in [5, 5.41) is 0.966. The highest BCUT2D eigenvalue weighted by atomic mass is 35.5. The molecule has 0 aliphatic heterocycles. The molecule has 4 heteroatoms. The van der Waals surface area contributed by atoms with E-state index in [0.29, 0.717) is 11.8 Å². The zero-order chi connectivity index (χ0) is 11.8. The highest BCUT2D eigenvalue weighted by Crippen LogP contribution is 2.28. The minimum atomic E-state index is 0.493. The largest absolute Gasteiger partial charge is 0.491 e. The summed E-state index contributed by atoms with van der Waals surface area (Å²) in [6, 6.07) is 3.87. The maximum Gasteiger partial charge on any atom is 0.151 e. The third-order valence-corrected chi connectivity index (χ3v) is 3.81. The van der Waals surface area contributed by atoms with Gasteiger partial charge in [0.15, 0.2) is 5.75 Å². The van der Waals surface area contributed by atoms with Gasteiger partial charge < -0.3 is 4.74 Å². The van der Waals surface area contributed by atoms with Crippen molar-refractivity contribution in [1.82, 2.24) is 4.98 Å². The Morgan fingerprint density at radius 2 is 2.38 bits per heavy atom. The second-order valence-corrected chi connectivity index (χ2v) is 5.04. The van der Waals surface area contributed by atoms with E-state index in [2.05, 4.69) is 18.8 Å². The molecule has 0 aliphatic rings. The molecule has 0 aliphatic carbocycles. The Morgan fingerprint density at radius 1 is 1.56 bits per heavy atom. The van der Waals surface area contributed by atoms with Gasteiger partial charge in [0.25, 0.3) is 0 Å². The number of pyridine rings is 1. The van der Waals surface area contributed by atoms with Gasteiger partial charge in [-0.25, -0.2) is 4.98 Å². The van der Waals surface area contributed by atoms with E-state index in [-0.39, 0.29) is 0 Å². The average molecular weight is 260 g/mol. The van der Waals surface area contributed by atoms with E-state index in [0.717, 1.165) is 29.6 Å². The number of ether oxygens (including phenoxy) is 1. The number of nitrogens with zero attached hydrogens (tertiary/aromatic N) is 1. The smallest absolute Gasteiger partial charge is 0.151 e. The van der Waals surface area contributed by atoms with E-state index in [4.69, 9.17) is 16.3 Å². The van der Waals surface area contributed by atoms with Crippen LogP contribution in [0.25, 0.3) is 0 Å². The molecule has 2 nitrogen and oxygen atoms in total. The van der Waals surface area contributed by atoms with E-state index >= 15 is 0 Å². The van der Waals surface area contributed by atoms with Gasteiger partial charge in [0, 0.05) is 17.8 Å². The zero-order valence-electron chi connectivity index (χ0n) is 9.78. The van der Waals surface area contributed by atoms with E-state index in [1.54, 1.807) is 18.0 Å². The number of halogens is 1. The predicted octanol–water partition coefficient (Wildman–Crippen LogP) is 3.84. The minimum Gasteiger partial charge on any atom is -0.491 e. The molecule has 1 aromatic rings. The van der Waals surface area contributed by atoms with Gasteiger partial charge in [0.1, 0.15) is 5.03 Å². The molecular weight excluding hydrogens is 242 g/mol. The Balaban J connectivity index is 2.56. The molecule has 0 aromatic carbocycles. The van der Waals surface area contributed by atoms with Crippen LogP contribution in [-0.4, -0.2) is 23.2 Å². The molecule has 0 saturated carbocycles. The Hall–Kier alpha value is -0.410. The second kappa shape index (κ2) is 7.80. The van der Waals surface area contributed by atoms with E-state index in [1.807, 2.05) is 12.1 Å². The topological polar surface area (TPSA) is 22.1 Å². The molecule has 1 aromatic heterocycles. The van der Waals surface area contributed by atoms with Gasteiger partial charge in [0.05, 0.1) is 6.61 Å². The van der Waals surface area contributed by atoms with Gasteiger partial charge in [-0.15, -0.1) is 23.4 Å². The third-order valence-electron chi connectivity index (χ3n) is 1.97. The first-order valence-electron chi connectivity index (χ1n) is 5.54. The second-order valence-electron chi connectivity index (χ2n) is 3.73. The molecule has 16 heavy (non-hydrogen) atoms. The molecule has 0 spiro atoms. The van der Waals surface area contributed by atoms with Crippen LogP contribution in [-0.2, 0) is 0 Å². The van der Waals surface area contributed by atoms with Gasteiger partial charge >= 0.3 is 0 Å². The van der Waals surface area contributed by atoms with Crippen LogP contribution in [0.3, 0.4) is 0 Å². The Labute approximate surface area is 107 Å². The zero-order valence-corrected chi connectivity index (χ0v) is 11.4. The lowest BCUT2D eigenvalue weighted by atomic mass is 10.3. The lowest BCUT2D eigenvalue weighted by molar-refractivity contribution is 0.307. The van der Waals surface area contributed by atoms with Crippen molar-refractivity contribution in [3.63, 3.8) is 0 Å². The maximum absolute atomic E-state index is 5.78. The fraction of sp³-hybridized carbons (Fsp3) is 0.583. The number of alkyl halides is 1. The molecule has 0 saturated heterocycles. The fourth-order valence-electron chi connectivity index (χ4n) is 1.07. The summed E-state index contributed by atoms with van der Waals surface area (Å²) in [5.74, 6) is 3.04. The van der Waals surface area contributed by atoms with E-state index in [1.165, 1.54) is 0 Å². The molecule has 0 fully saturated rings. The summed E-state index contributed by atoms with van der Waals surface area (Å²) in [6.07, 6.45) is 2.81. The Morgan fingerprint density at radius 3 is 3.06 bits per heavy atom. The SMILES string of the molecule is CCCOc1cccnc1SCC(C)CCl. The first-order chi connectivity index (χ1) is 7.77. The number of thioether (sulfide) groups is 1. The van der Waals surface area contributed by atoms with Crippen LogP contribution in [0, 0.1) is 5.92 Å². The summed E-state index contributed by atoms with van der Waals surface area (Å²) >= 11 is 7.49. The first-order valence-corrected chi connectivity index (χ1v) is 7.06. The molecule has 1 atom stereocenters. The molecule has 0 bridgehead atoms. The molecule has 90 valence electrons. The van der Waals surface area contributed by atoms with Crippen molar-refractivity contribution in [1.29, 1.82) is 0 Å². The van der Waals surface area contributed by atoms with Crippen LogP contribution in [0.1, 0.15) is 20.3 Å². The summed E-state index contributed by atoms with van der Waals surface area (Å²) in [6.45, 7) is 4.97. The van der Waals surface area contributed by atoms with E-state index < -0.39 is 0 Å². The predicted molar refractivity (Wildman–Crippen MR) is 70.6 cm³/mol. The molecule has 0 radical (unpaired) electrons. The van der Waals surface area contributed by atoms with Crippen molar-refractivity contribution in [2.75, 3.05) is 18.2 Å². The van der Waals surface area contributed by atoms with Crippen LogP contribution >= 0.6 is 23.4 Å². The number of hydrogen-bond donors (Lipinski definition) is 0. The fourth-order valence-corrected chi connectivity index (χ4v) is 2.28. The Kier molecular flexibility index (Phi) is 6.65. The molecule has 1 rings (SSSR count). The Bertz CT molecular complexity index is 309. The van der Waals surface area contributed by atoms with Crippen LogP contribution in [0.2, 0.25) is 0 Å². The standard InChI is InChI=1S/C12H18ClNOS/c1-3-7-15-11-5-4-6-14-12(11)16-9-10(2)8-13/h4-6,10H,3,7-9H2,1-2H3. The number of rotatable bonds is 7. The quantitative estimate of drug-likeness (QED) is 0.549. The normalized spacial score (nSPS) is 12.4. The lowest BCUT2D eigenvalue weighted by Gasteiger charge is -2.10. The van der Waals surface area contributed by atoms with Crippen LogP contribution < -0.4 is 4.74 Å².